The van der Waals surface area contributed by atoms with Crippen molar-refractivity contribution in [1.82, 2.24) is 0 Å². The van der Waals surface area contributed by atoms with Crippen LogP contribution in [0.1, 0.15) is 74.0 Å². The molecule has 1 aliphatic carbocycles. The van der Waals surface area contributed by atoms with E-state index in [0.717, 1.165) is 95.0 Å². The highest BCUT2D eigenvalue weighted by atomic mass is 32.2. The van der Waals surface area contributed by atoms with Crippen molar-refractivity contribution in [3.8, 4) is 17.2 Å². The number of rotatable bonds is 10. The van der Waals surface area contributed by atoms with Gasteiger partial charge in [-0.2, -0.15) is 0 Å². The number of hydrogen-bond donors (Lipinski definition) is 3. The quantitative estimate of drug-likeness (QED) is 0.0929. The summed E-state index contributed by atoms with van der Waals surface area (Å²) >= 11 is 1.74. The lowest BCUT2D eigenvalue weighted by Gasteiger charge is -2.37. The van der Waals surface area contributed by atoms with Crippen molar-refractivity contribution in [3.63, 3.8) is 0 Å². The summed E-state index contributed by atoms with van der Waals surface area (Å²) < 4.78 is 16.1. The summed E-state index contributed by atoms with van der Waals surface area (Å²) in [5.41, 5.74) is 7.14. The predicted octanol–water partition coefficient (Wildman–Crippen LogP) is 16.7. The number of aryl methyl sites for hydroxylation is 3. The first kappa shape index (κ1) is 53.2. The molecule has 0 aromatic heterocycles. The van der Waals surface area contributed by atoms with Gasteiger partial charge in [-0.05, 0) is 171 Å². The van der Waals surface area contributed by atoms with E-state index in [1.165, 1.54) is 43.4 Å². The lowest BCUT2D eigenvalue weighted by Crippen LogP contribution is -2.32. The molecule has 1 fully saturated rings. The molecule has 0 amide bonds. The fourth-order valence-electron chi connectivity index (χ4n) is 12.0. The molecule has 2 aliphatic rings. The standard InChI is InChI=1S/C30H20OS.C25H22O2.C19H22O3/c1-18-9-14-25-27(15-18)32-26-8-3-2-7-24(26)30(25,31)23-16-21-12-10-19-5-4-6-20-11-13-22(17-23)29(21)28(19)20;1-18-7-10-21(11-8-18)25(26,22-13-15-24(27-2)16-14-22)23-12-9-19-5-3-4-6-20(19)17-23;1-13-4-6-14(7-5-13)19(20,15-8-9-15)17-11-10-16(21-2)12-18(17)22-3/h2-17,31H,1H3;3-17,26H,1-2H3;4-7,10-12,15,20H,8-9H2,1-3H3. The number of aliphatic hydroxyl groups is 3. The molecule has 81 heavy (non-hydrogen) atoms. The average Bonchev–Trinajstić information content (AvgIpc) is 4.56. The van der Waals surface area contributed by atoms with Gasteiger partial charge in [0.2, 0.25) is 0 Å². The van der Waals surface area contributed by atoms with E-state index in [-0.39, 0.29) is 5.92 Å². The third-order valence-corrected chi connectivity index (χ3v) is 17.7. The van der Waals surface area contributed by atoms with Crippen LogP contribution < -0.4 is 14.2 Å². The van der Waals surface area contributed by atoms with Crippen molar-refractivity contribution >= 4 is 54.9 Å². The third-order valence-electron chi connectivity index (χ3n) is 16.5. The van der Waals surface area contributed by atoms with Gasteiger partial charge in [-0.15, -0.1) is 0 Å². The van der Waals surface area contributed by atoms with Gasteiger partial charge in [0.15, 0.2) is 0 Å². The smallest absolute Gasteiger partial charge is 0.142 e. The Kier molecular flexibility index (Phi) is 14.2. The first-order valence-electron chi connectivity index (χ1n) is 27.6. The lowest BCUT2D eigenvalue weighted by molar-refractivity contribution is 0.0537. The molecule has 0 saturated heterocycles. The van der Waals surface area contributed by atoms with Crippen LogP contribution >= 0.6 is 11.8 Å². The van der Waals surface area contributed by atoms with E-state index in [2.05, 4.69) is 116 Å². The second kappa shape index (κ2) is 21.6. The van der Waals surface area contributed by atoms with Gasteiger partial charge in [0.25, 0.3) is 0 Å². The van der Waals surface area contributed by atoms with Gasteiger partial charge < -0.3 is 29.5 Å². The van der Waals surface area contributed by atoms with Gasteiger partial charge in [0, 0.05) is 32.5 Å². The van der Waals surface area contributed by atoms with E-state index in [0.29, 0.717) is 5.75 Å². The van der Waals surface area contributed by atoms with Crippen LogP contribution in [0.4, 0.5) is 0 Å². The summed E-state index contributed by atoms with van der Waals surface area (Å²) in [6.45, 7) is 6.20. The Labute approximate surface area is 478 Å². The number of ether oxygens (including phenoxy) is 3. The van der Waals surface area contributed by atoms with Crippen LogP contribution in [0.2, 0.25) is 0 Å². The van der Waals surface area contributed by atoms with Crippen LogP contribution in [0, 0.1) is 26.7 Å². The van der Waals surface area contributed by atoms with Crippen molar-refractivity contribution in [2.75, 3.05) is 21.3 Å². The molecule has 14 rings (SSSR count). The molecule has 402 valence electrons. The van der Waals surface area contributed by atoms with Gasteiger partial charge in [-0.1, -0.05) is 193 Å². The van der Waals surface area contributed by atoms with Gasteiger partial charge in [0.1, 0.15) is 34.1 Å². The Hall–Kier alpha value is -8.43. The number of methoxy groups -OCH3 is 3. The summed E-state index contributed by atoms with van der Waals surface area (Å²) in [5.74, 6) is 2.39. The summed E-state index contributed by atoms with van der Waals surface area (Å²) in [6, 6.07) is 78.0. The lowest BCUT2D eigenvalue weighted by atomic mass is 9.78. The molecular weight excluding hydrogens is 1020 g/mol. The number of hydrogen-bond acceptors (Lipinski definition) is 7. The van der Waals surface area contributed by atoms with Crippen LogP contribution in [0.5, 0.6) is 17.2 Å². The number of benzene rings is 12. The molecule has 3 N–H and O–H groups in total. The minimum Gasteiger partial charge on any atom is -0.497 e. The van der Waals surface area contributed by atoms with Gasteiger partial charge in [-0.25, -0.2) is 0 Å². The van der Waals surface area contributed by atoms with Crippen LogP contribution in [0.3, 0.4) is 0 Å². The molecule has 1 saturated carbocycles. The summed E-state index contributed by atoms with van der Waals surface area (Å²) in [4.78, 5) is 2.23. The largest absolute Gasteiger partial charge is 0.497 e. The van der Waals surface area contributed by atoms with Gasteiger partial charge >= 0.3 is 0 Å². The monoisotopic (exact) mass is 1080 g/mol. The van der Waals surface area contributed by atoms with Crippen molar-refractivity contribution < 1.29 is 29.5 Å². The van der Waals surface area contributed by atoms with Crippen LogP contribution in [0.15, 0.2) is 240 Å². The molecule has 12 aromatic carbocycles. The maximum absolute atomic E-state index is 12.5. The molecule has 7 heteroatoms. The predicted molar refractivity (Wildman–Crippen MR) is 331 cm³/mol. The summed E-state index contributed by atoms with van der Waals surface area (Å²) in [6.07, 6.45) is 2.05. The minimum absolute atomic E-state index is 0.234. The van der Waals surface area contributed by atoms with Gasteiger partial charge in [0.05, 0.1) is 21.3 Å². The molecule has 0 radical (unpaired) electrons. The first-order chi connectivity index (χ1) is 39.3. The maximum atomic E-state index is 12.5. The van der Waals surface area contributed by atoms with Gasteiger partial charge in [-0.3, -0.25) is 0 Å². The van der Waals surface area contributed by atoms with Crippen molar-refractivity contribution in [1.29, 1.82) is 0 Å². The highest BCUT2D eigenvalue weighted by Gasteiger charge is 2.48. The van der Waals surface area contributed by atoms with E-state index in [4.69, 9.17) is 14.2 Å². The van der Waals surface area contributed by atoms with E-state index >= 15 is 0 Å². The fraction of sp³-hybridized carbons (Fsp3) is 0.162. The molecule has 12 aromatic rings. The van der Waals surface area contributed by atoms with Crippen LogP contribution in [0.25, 0.3) is 43.1 Å². The van der Waals surface area contributed by atoms with E-state index in [1.807, 2.05) is 135 Å². The zero-order valence-corrected chi connectivity index (χ0v) is 47.2. The minimum atomic E-state index is -1.25. The van der Waals surface area contributed by atoms with Crippen LogP contribution in [-0.2, 0) is 16.8 Å². The van der Waals surface area contributed by atoms with E-state index in [1.54, 1.807) is 33.1 Å². The topological polar surface area (TPSA) is 88.4 Å². The Balaban J connectivity index is 0.000000123. The molecule has 3 atom stereocenters. The molecular formula is C74H64O6S. The average molecular weight is 1080 g/mol. The van der Waals surface area contributed by atoms with Crippen molar-refractivity contribution in [3.05, 3.63) is 292 Å². The van der Waals surface area contributed by atoms with Crippen molar-refractivity contribution in [2.24, 2.45) is 5.92 Å². The Morgan fingerprint density at radius 1 is 0.420 bits per heavy atom. The van der Waals surface area contributed by atoms with Crippen molar-refractivity contribution in [2.45, 2.75) is 60.2 Å². The third kappa shape index (κ3) is 9.64. The highest BCUT2D eigenvalue weighted by Crippen LogP contribution is 2.54. The molecule has 6 nitrogen and oxygen atoms in total. The SMILES string of the molecule is COc1ccc(C(O)(c2ccc(C)cc2)C2CC2)c(OC)c1.COc1ccc(C(O)(c2ccc(C)cc2)c2ccc3ccccc3c2)cc1.Cc1ccc2c(c1)Sc1ccccc1C2(O)c1cc2ccc3cccc4ccc(c1)c2c34. The van der Waals surface area contributed by atoms with Crippen LogP contribution in [-0.4, -0.2) is 36.6 Å². The second-order valence-corrected chi connectivity index (χ2v) is 22.7. The number of fused-ring (bicyclic) bond motifs is 3. The zero-order valence-electron chi connectivity index (χ0n) is 46.4. The molecule has 0 spiro atoms. The Morgan fingerprint density at radius 2 is 0.926 bits per heavy atom. The Morgan fingerprint density at radius 3 is 1.56 bits per heavy atom. The normalized spacial score (nSPS) is 16.0. The molecule has 1 heterocycles. The maximum Gasteiger partial charge on any atom is 0.142 e. The summed E-state index contributed by atoms with van der Waals surface area (Å²) in [5, 5.41) is 45.7. The summed E-state index contributed by atoms with van der Waals surface area (Å²) in [7, 11) is 4.90. The molecule has 0 bridgehead atoms. The van der Waals surface area contributed by atoms with E-state index in [9.17, 15) is 15.3 Å². The first-order valence-corrected chi connectivity index (χ1v) is 28.4. The zero-order chi connectivity index (χ0) is 56.0. The Bertz CT molecular complexity index is 4180. The second-order valence-electron chi connectivity index (χ2n) is 21.7. The molecule has 1 aliphatic heterocycles. The highest BCUT2D eigenvalue weighted by molar-refractivity contribution is 7.99. The fourth-order valence-corrected chi connectivity index (χ4v) is 13.3. The van der Waals surface area contributed by atoms with E-state index < -0.39 is 16.8 Å². The molecule has 3 unspecified atom stereocenters.